The number of nitrogens with one attached hydrogen (secondary N) is 2. The standard InChI is InChI=1S/C25H28F2N2O5/c1-15-14-20(34-19-8-6-18(7-9-19)25(32)33)10-11-21(15)24(31)29-13-12-28-23(30)17-4-2-16(3-5-17)22(26)27/h2-5,10-11,14,18-19,22H,6-9,12-13H2,1H3,(H,28,30)(H,29,31)(H,32,33). The molecule has 1 aliphatic rings. The molecular formula is C25H28F2N2O5. The van der Waals surface area contributed by atoms with Gasteiger partial charge in [0.05, 0.1) is 12.0 Å². The van der Waals surface area contributed by atoms with Crippen LogP contribution < -0.4 is 15.4 Å². The number of halogens is 2. The van der Waals surface area contributed by atoms with Crippen LogP contribution in [0.25, 0.3) is 0 Å². The van der Waals surface area contributed by atoms with Crippen LogP contribution in [0.5, 0.6) is 5.75 Å². The zero-order valence-corrected chi connectivity index (χ0v) is 18.9. The first-order valence-electron chi connectivity index (χ1n) is 11.2. The smallest absolute Gasteiger partial charge is 0.306 e. The van der Waals surface area contributed by atoms with Crippen LogP contribution in [-0.2, 0) is 4.79 Å². The van der Waals surface area contributed by atoms with Crippen molar-refractivity contribution in [3.63, 3.8) is 0 Å². The number of hydrogen-bond donors (Lipinski definition) is 3. The molecule has 0 unspecified atom stereocenters. The molecular weight excluding hydrogens is 446 g/mol. The monoisotopic (exact) mass is 474 g/mol. The van der Waals surface area contributed by atoms with Crippen LogP contribution in [0, 0.1) is 12.8 Å². The first kappa shape index (κ1) is 25.1. The number of carbonyl (C=O) groups is 3. The van der Waals surface area contributed by atoms with Crippen LogP contribution in [0.4, 0.5) is 8.78 Å². The summed E-state index contributed by atoms with van der Waals surface area (Å²) in [5.74, 6) is -1.12. The highest BCUT2D eigenvalue weighted by atomic mass is 19.3. The summed E-state index contributed by atoms with van der Waals surface area (Å²) in [5, 5.41) is 14.5. The second-order valence-electron chi connectivity index (χ2n) is 8.34. The highest BCUT2D eigenvalue weighted by Crippen LogP contribution is 2.28. The second-order valence-corrected chi connectivity index (χ2v) is 8.34. The van der Waals surface area contributed by atoms with Crippen molar-refractivity contribution in [3.8, 4) is 5.75 Å². The van der Waals surface area contributed by atoms with Crippen molar-refractivity contribution in [2.75, 3.05) is 13.1 Å². The zero-order chi connectivity index (χ0) is 24.7. The SMILES string of the molecule is Cc1cc(OC2CCC(C(=O)O)CC2)ccc1C(=O)NCCNC(=O)c1ccc(C(F)F)cc1. The van der Waals surface area contributed by atoms with E-state index < -0.39 is 18.3 Å². The summed E-state index contributed by atoms with van der Waals surface area (Å²) in [6.07, 6.45) is -0.0746. The number of alkyl halides is 2. The maximum Gasteiger partial charge on any atom is 0.306 e. The highest BCUT2D eigenvalue weighted by molar-refractivity contribution is 5.96. The molecule has 1 fully saturated rings. The Bertz CT molecular complexity index is 1020. The van der Waals surface area contributed by atoms with Crippen molar-refractivity contribution in [2.24, 2.45) is 5.92 Å². The zero-order valence-electron chi connectivity index (χ0n) is 18.9. The first-order chi connectivity index (χ1) is 16.2. The molecule has 0 aromatic heterocycles. The van der Waals surface area contributed by atoms with Crippen molar-refractivity contribution in [1.82, 2.24) is 10.6 Å². The molecule has 34 heavy (non-hydrogen) atoms. The van der Waals surface area contributed by atoms with Gasteiger partial charge in [0.1, 0.15) is 5.75 Å². The number of ether oxygens (including phenoxy) is 1. The van der Waals surface area contributed by atoms with E-state index in [0.29, 0.717) is 37.0 Å². The number of carbonyl (C=O) groups excluding carboxylic acids is 2. The van der Waals surface area contributed by atoms with Gasteiger partial charge in [-0.3, -0.25) is 14.4 Å². The van der Waals surface area contributed by atoms with Crippen LogP contribution in [-0.4, -0.2) is 42.1 Å². The van der Waals surface area contributed by atoms with Gasteiger partial charge in [0.25, 0.3) is 18.2 Å². The Labute approximate surface area is 196 Å². The van der Waals surface area contributed by atoms with Crippen molar-refractivity contribution in [2.45, 2.75) is 45.1 Å². The number of carboxylic acid groups (broad SMARTS) is 1. The van der Waals surface area contributed by atoms with E-state index in [4.69, 9.17) is 9.84 Å². The number of hydrogen-bond acceptors (Lipinski definition) is 4. The Kier molecular flexibility index (Phi) is 8.56. The van der Waals surface area contributed by atoms with Gasteiger partial charge in [-0.2, -0.15) is 0 Å². The molecule has 3 N–H and O–H groups in total. The van der Waals surface area contributed by atoms with Gasteiger partial charge in [-0.15, -0.1) is 0 Å². The fourth-order valence-corrected chi connectivity index (χ4v) is 3.91. The Morgan fingerprint density at radius 3 is 2.15 bits per heavy atom. The predicted octanol–water partition coefficient (Wildman–Crippen LogP) is 4.11. The maximum atomic E-state index is 12.6. The number of aryl methyl sites for hydroxylation is 1. The summed E-state index contributed by atoms with van der Waals surface area (Å²) in [6, 6.07) is 10.3. The third-order valence-corrected chi connectivity index (χ3v) is 5.89. The van der Waals surface area contributed by atoms with Gasteiger partial charge in [0, 0.05) is 29.8 Å². The second kappa shape index (κ2) is 11.6. The first-order valence-corrected chi connectivity index (χ1v) is 11.2. The summed E-state index contributed by atoms with van der Waals surface area (Å²) in [5.41, 5.74) is 1.33. The average Bonchev–Trinajstić information content (AvgIpc) is 2.82. The minimum atomic E-state index is -2.59. The van der Waals surface area contributed by atoms with Crippen LogP contribution in [0.3, 0.4) is 0 Å². The fourth-order valence-electron chi connectivity index (χ4n) is 3.91. The van der Waals surface area contributed by atoms with Gasteiger partial charge in [0.2, 0.25) is 0 Å². The summed E-state index contributed by atoms with van der Waals surface area (Å²) in [4.78, 5) is 35.7. The summed E-state index contributed by atoms with van der Waals surface area (Å²) >= 11 is 0. The highest BCUT2D eigenvalue weighted by Gasteiger charge is 2.27. The molecule has 0 saturated heterocycles. The van der Waals surface area contributed by atoms with E-state index >= 15 is 0 Å². The minimum Gasteiger partial charge on any atom is -0.490 e. The van der Waals surface area contributed by atoms with Crippen molar-refractivity contribution < 1.29 is 33.0 Å². The quantitative estimate of drug-likeness (QED) is 0.475. The van der Waals surface area contributed by atoms with Gasteiger partial charge >= 0.3 is 5.97 Å². The van der Waals surface area contributed by atoms with Crippen LogP contribution in [0.15, 0.2) is 42.5 Å². The van der Waals surface area contributed by atoms with Crippen LogP contribution >= 0.6 is 0 Å². The summed E-state index contributed by atoms with van der Waals surface area (Å²) in [7, 11) is 0. The Morgan fingerprint density at radius 1 is 0.971 bits per heavy atom. The van der Waals surface area contributed by atoms with E-state index in [1.165, 1.54) is 24.3 Å². The lowest BCUT2D eigenvalue weighted by molar-refractivity contribution is -0.143. The summed E-state index contributed by atoms with van der Waals surface area (Å²) in [6.45, 7) is 2.18. The molecule has 7 nitrogen and oxygen atoms in total. The van der Waals surface area contributed by atoms with Gasteiger partial charge < -0.3 is 20.5 Å². The van der Waals surface area contributed by atoms with Gasteiger partial charge in [-0.05, 0) is 68.5 Å². The maximum absolute atomic E-state index is 12.6. The molecule has 0 aliphatic heterocycles. The van der Waals surface area contributed by atoms with Gasteiger partial charge in [-0.1, -0.05) is 12.1 Å². The number of carboxylic acids is 1. The summed E-state index contributed by atoms with van der Waals surface area (Å²) < 4.78 is 31.2. The number of aliphatic carboxylic acids is 1. The largest absolute Gasteiger partial charge is 0.490 e. The molecule has 9 heteroatoms. The van der Waals surface area contributed by atoms with E-state index in [-0.39, 0.29) is 42.1 Å². The lowest BCUT2D eigenvalue weighted by Gasteiger charge is -2.27. The number of rotatable bonds is 9. The van der Waals surface area contributed by atoms with Gasteiger partial charge in [0.15, 0.2) is 0 Å². The Hall–Kier alpha value is -3.49. The van der Waals surface area contributed by atoms with Crippen LogP contribution in [0.2, 0.25) is 0 Å². The van der Waals surface area contributed by atoms with E-state index in [1.807, 2.05) is 0 Å². The fraction of sp³-hybridized carbons (Fsp3) is 0.400. The average molecular weight is 475 g/mol. The molecule has 0 spiro atoms. The molecule has 182 valence electrons. The lowest BCUT2D eigenvalue weighted by atomic mass is 9.87. The van der Waals surface area contributed by atoms with Gasteiger partial charge in [-0.25, -0.2) is 8.78 Å². The van der Waals surface area contributed by atoms with E-state index in [9.17, 15) is 23.2 Å². The van der Waals surface area contributed by atoms with Crippen molar-refractivity contribution >= 4 is 17.8 Å². The molecule has 0 atom stereocenters. The molecule has 2 aromatic rings. The van der Waals surface area contributed by atoms with Crippen molar-refractivity contribution in [1.29, 1.82) is 0 Å². The topological polar surface area (TPSA) is 105 Å². The van der Waals surface area contributed by atoms with E-state index in [2.05, 4.69) is 10.6 Å². The van der Waals surface area contributed by atoms with E-state index in [1.54, 1.807) is 25.1 Å². The number of amides is 2. The normalized spacial score (nSPS) is 17.8. The van der Waals surface area contributed by atoms with Crippen LogP contribution in [0.1, 0.15) is 64.0 Å². The molecule has 0 bridgehead atoms. The number of benzene rings is 2. The molecule has 0 radical (unpaired) electrons. The molecule has 3 rings (SSSR count). The lowest BCUT2D eigenvalue weighted by Crippen LogP contribution is -2.35. The Balaban J connectivity index is 1.43. The predicted molar refractivity (Wildman–Crippen MR) is 121 cm³/mol. The molecule has 2 amide bonds. The molecule has 2 aromatic carbocycles. The van der Waals surface area contributed by atoms with E-state index in [0.717, 1.165) is 5.56 Å². The third-order valence-electron chi connectivity index (χ3n) is 5.89. The van der Waals surface area contributed by atoms with Crippen molar-refractivity contribution in [3.05, 3.63) is 64.7 Å². The molecule has 0 heterocycles. The molecule has 1 saturated carbocycles. The molecule has 1 aliphatic carbocycles. The minimum absolute atomic E-state index is 0.0372. The third kappa shape index (κ3) is 6.76. The Morgan fingerprint density at radius 2 is 1.59 bits per heavy atom.